The molecule has 3 aromatic rings. The third kappa shape index (κ3) is 4.34. The second-order valence-electron chi connectivity index (χ2n) is 6.17. The van der Waals surface area contributed by atoms with Crippen LogP contribution in [0.1, 0.15) is 33.0 Å². The van der Waals surface area contributed by atoms with E-state index < -0.39 is 30.0 Å². The van der Waals surface area contributed by atoms with Crippen molar-refractivity contribution in [1.82, 2.24) is 19.5 Å². The van der Waals surface area contributed by atoms with Gasteiger partial charge in [-0.25, -0.2) is 8.78 Å². The first kappa shape index (κ1) is 19.9. The first-order chi connectivity index (χ1) is 13.8. The molecule has 0 unspecified atom stereocenters. The quantitative estimate of drug-likeness (QED) is 0.647. The first-order valence-electron chi connectivity index (χ1n) is 8.34. The molecule has 0 aliphatic heterocycles. The smallest absolute Gasteiger partial charge is 0.297 e. The van der Waals surface area contributed by atoms with E-state index >= 15 is 0 Å². The average Bonchev–Trinajstić information content (AvgIpc) is 3.10. The number of carbonyl (C=O) groups is 3. The van der Waals surface area contributed by atoms with Crippen molar-refractivity contribution in [2.45, 2.75) is 6.43 Å². The fraction of sp³-hybridized carbons (Fsp3) is 0.167. The highest BCUT2D eigenvalue weighted by molar-refractivity contribution is 6.05. The normalized spacial score (nSPS) is 10.9. The van der Waals surface area contributed by atoms with Gasteiger partial charge in [0.1, 0.15) is 0 Å². The number of nitrogens with zero attached hydrogens (tertiary/aromatic N) is 4. The number of amides is 3. The number of benzene rings is 1. The molecule has 3 rings (SSSR count). The molecule has 0 aliphatic rings. The van der Waals surface area contributed by atoms with Crippen LogP contribution in [0.2, 0.25) is 0 Å². The van der Waals surface area contributed by atoms with Crippen molar-refractivity contribution in [3.63, 3.8) is 0 Å². The molecule has 0 spiro atoms. The maximum atomic E-state index is 13.0. The van der Waals surface area contributed by atoms with Crippen LogP contribution in [-0.4, -0.2) is 50.8 Å². The summed E-state index contributed by atoms with van der Waals surface area (Å²) in [5.74, 6) is -2.25. The fourth-order valence-corrected chi connectivity index (χ4v) is 2.65. The Morgan fingerprint density at radius 3 is 2.62 bits per heavy atom. The Kier molecular flexibility index (Phi) is 5.48. The van der Waals surface area contributed by atoms with Crippen molar-refractivity contribution in [3.8, 4) is 0 Å². The van der Waals surface area contributed by atoms with Gasteiger partial charge in [-0.15, -0.1) is 10.2 Å². The van der Waals surface area contributed by atoms with Gasteiger partial charge in [0.25, 0.3) is 18.2 Å². The molecule has 0 saturated carbocycles. The summed E-state index contributed by atoms with van der Waals surface area (Å²) in [5.41, 5.74) is 5.91. The molecule has 9 nitrogen and oxygen atoms in total. The molecule has 0 atom stereocenters. The third-order valence-corrected chi connectivity index (χ3v) is 3.99. The van der Waals surface area contributed by atoms with Gasteiger partial charge in [-0.05, 0) is 30.3 Å². The van der Waals surface area contributed by atoms with Gasteiger partial charge < -0.3 is 16.0 Å². The Balaban J connectivity index is 1.80. The summed E-state index contributed by atoms with van der Waals surface area (Å²) in [6.45, 7) is -0.249. The molecule has 3 amide bonds. The van der Waals surface area contributed by atoms with Gasteiger partial charge in [0.05, 0.1) is 12.1 Å². The molecule has 150 valence electrons. The van der Waals surface area contributed by atoms with Gasteiger partial charge >= 0.3 is 0 Å². The molecule has 2 aromatic heterocycles. The SMILES string of the molecule is CN(CC(N)=O)C(=O)c1cccc(NC(=O)c2ccc3nnc(C(F)F)n3c2)c1. The second kappa shape index (κ2) is 8.00. The van der Waals surface area contributed by atoms with Crippen molar-refractivity contribution in [1.29, 1.82) is 0 Å². The van der Waals surface area contributed by atoms with Crippen molar-refractivity contribution >= 4 is 29.1 Å². The third-order valence-electron chi connectivity index (χ3n) is 3.99. The number of hydrogen-bond donors (Lipinski definition) is 2. The van der Waals surface area contributed by atoms with E-state index in [1.807, 2.05) is 0 Å². The molecule has 29 heavy (non-hydrogen) atoms. The maximum Gasteiger partial charge on any atom is 0.297 e. The molecule has 0 bridgehead atoms. The number of hydrogen-bond acceptors (Lipinski definition) is 5. The van der Waals surface area contributed by atoms with Gasteiger partial charge in [0.15, 0.2) is 5.65 Å². The van der Waals surface area contributed by atoms with E-state index in [-0.39, 0.29) is 23.3 Å². The van der Waals surface area contributed by atoms with Crippen LogP contribution in [0, 0.1) is 0 Å². The van der Waals surface area contributed by atoms with E-state index in [4.69, 9.17) is 5.73 Å². The van der Waals surface area contributed by atoms with Crippen molar-refractivity contribution in [2.24, 2.45) is 5.73 Å². The molecule has 0 radical (unpaired) electrons. The summed E-state index contributed by atoms with van der Waals surface area (Å²) in [4.78, 5) is 37.0. The number of aromatic nitrogens is 3. The topological polar surface area (TPSA) is 123 Å². The lowest BCUT2D eigenvalue weighted by molar-refractivity contribution is -0.118. The molecular formula is C18H16F2N6O3. The summed E-state index contributed by atoms with van der Waals surface area (Å²) in [7, 11) is 1.42. The molecule has 0 fully saturated rings. The van der Waals surface area contributed by atoms with Crippen molar-refractivity contribution < 1.29 is 23.2 Å². The molecule has 0 saturated heterocycles. The van der Waals surface area contributed by atoms with Gasteiger partial charge in [0.2, 0.25) is 11.7 Å². The minimum atomic E-state index is -2.84. The first-order valence-corrected chi connectivity index (χ1v) is 8.34. The zero-order valence-corrected chi connectivity index (χ0v) is 15.2. The number of fused-ring (bicyclic) bond motifs is 1. The number of nitrogens with two attached hydrogens (primary N) is 1. The second-order valence-corrected chi connectivity index (χ2v) is 6.17. The van der Waals surface area contributed by atoms with Crippen LogP contribution < -0.4 is 11.1 Å². The highest BCUT2D eigenvalue weighted by atomic mass is 19.3. The largest absolute Gasteiger partial charge is 0.368 e. The number of pyridine rings is 1. The van der Waals surface area contributed by atoms with Crippen molar-refractivity contribution in [3.05, 3.63) is 59.5 Å². The van der Waals surface area contributed by atoms with Crippen LogP contribution in [0.4, 0.5) is 14.5 Å². The summed E-state index contributed by atoms with van der Waals surface area (Å²) >= 11 is 0. The zero-order chi connectivity index (χ0) is 21.1. The highest BCUT2D eigenvalue weighted by Gasteiger charge is 2.18. The Morgan fingerprint density at radius 2 is 1.93 bits per heavy atom. The Hall–Kier alpha value is -3.89. The predicted molar refractivity (Wildman–Crippen MR) is 98.5 cm³/mol. The van der Waals surface area contributed by atoms with E-state index in [2.05, 4.69) is 15.5 Å². The van der Waals surface area contributed by atoms with E-state index in [1.165, 1.54) is 37.5 Å². The van der Waals surface area contributed by atoms with Crippen LogP contribution in [0.5, 0.6) is 0 Å². The lowest BCUT2D eigenvalue weighted by Gasteiger charge is -2.15. The van der Waals surface area contributed by atoms with E-state index in [1.54, 1.807) is 12.1 Å². The number of likely N-dealkylation sites (N-methyl/N-ethyl adjacent to an activating group) is 1. The summed E-state index contributed by atoms with van der Waals surface area (Å²) in [5, 5.41) is 9.62. The average molecular weight is 402 g/mol. The number of rotatable bonds is 6. The monoisotopic (exact) mass is 402 g/mol. The molecule has 11 heteroatoms. The lowest BCUT2D eigenvalue weighted by Crippen LogP contribution is -2.35. The number of halogens is 2. The number of anilines is 1. The number of nitrogens with one attached hydrogen (secondary N) is 1. The number of alkyl halides is 2. The standard InChI is InChI=1S/C18H16F2N6O3/c1-25(9-13(21)27)18(29)10-3-2-4-12(7-10)22-17(28)11-5-6-14-23-24-16(15(19)20)26(14)8-11/h2-8,15H,9H2,1H3,(H2,21,27)(H,22,28). The van der Waals surface area contributed by atoms with Gasteiger partial charge in [-0.3, -0.25) is 18.8 Å². The van der Waals surface area contributed by atoms with E-state index in [0.717, 1.165) is 9.30 Å². The lowest BCUT2D eigenvalue weighted by atomic mass is 10.1. The van der Waals surface area contributed by atoms with Gasteiger partial charge in [-0.1, -0.05) is 6.07 Å². The van der Waals surface area contributed by atoms with Crippen molar-refractivity contribution in [2.75, 3.05) is 18.9 Å². The maximum absolute atomic E-state index is 13.0. The fourth-order valence-electron chi connectivity index (χ4n) is 2.65. The Bertz CT molecular complexity index is 1100. The van der Waals surface area contributed by atoms with Crippen LogP contribution >= 0.6 is 0 Å². The Labute approximate surface area is 163 Å². The van der Waals surface area contributed by atoms with Crippen LogP contribution in [-0.2, 0) is 4.79 Å². The number of primary amides is 1. The molecule has 0 aliphatic carbocycles. The zero-order valence-electron chi connectivity index (χ0n) is 15.2. The van der Waals surface area contributed by atoms with Crippen LogP contribution in [0.15, 0.2) is 42.6 Å². The van der Waals surface area contributed by atoms with Crippen LogP contribution in [0.3, 0.4) is 0 Å². The molecular weight excluding hydrogens is 386 g/mol. The molecule has 3 N–H and O–H groups in total. The van der Waals surface area contributed by atoms with E-state index in [9.17, 15) is 23.2 Å². The molecule has 1 aromatic carbocycles. The minimum absolute atomic E-state index is 0.0989. The van der Waals surface area contributed by atoms with Gasteiger partial charge in [-0.2, -0.15) is 0 Å². The van der Waals surface area contributed by atoms with Crippen LogP contribution in [0.25, 0.3) is 5.65 Å². The molecule has 2 heterocycles. The minimum Gasteiger partial charge on any atom is -0.368 e. The summed E-state index contributed by atoms with van der Waals surface area (Å²) in [6, 6.07) is 8.88. The van der Waals surface area contributed by atoms with Gasteiger partial charge in [0, 0.05) is 24.5 Å². The summed E-state index contributed by atoms with van der Waals surface area (Å²) in [6.07, 6.45) is -1.63. The number of carbonyl (C=O) groups excluding carboxylic acids is 3. The highest BCUT2D eigenvalue weighted by Crippen LogP contribution is 2.19. The summed E-state index contributed by atoms with van der Waals surface area (Å²) < 4.78 is 27.0. The predicted octanol–water partition coefficient (Wildman–Crippen LogP) is 1.48. The van der Waals surface area contributed by atoms with E-state index in [0.29, 0.717) is 5.69 Å². The Morgan fingerprint density at radius 1 is 1.17 bits per heavy atom.